The van der Waals surface area contributed by atoms with Gasteiger partial charge in [0.15, 0.2) is 0 Å². The Morgan fingerprint density at radius 1 is 0.500 bits per heavy atom. The van der Waals surface area contributed by atoms with Crippen molar-refractivity contribution in [1.82, 2.24) is 0 Å². The first kappa shape index (κ1) is 26.4. The summed E-state index contributed by atoms with van der Waals surface area (Å²) in [6.45, 7) is 4.97. The zero-order valence-corrected chi connectivity index (χ0v) is 17.3. The van der Waals surface area contributed by atoms with E-state index in [4.69, 9.17) is 5.11 Å². The van der Waals surface area contributed by atoms with Crippen molar-refractivity contribution in [2.24, 2.45) is 0 Å². The van der Waals surface area contributed by atoms with E-state index in [-0.39, 0.29) is 12.4 Å². The summed E-state index contributed by atoms with van der Waals surface area (Å²) < 4.78 is 0. The minimum absolute atomic E-state index is 0. The second kappa shape index (κ2) is 25.5. The second-order valence-electron chi connectivity index (χ2n) is 7.25. The van der Waals surface area contributed by atoms with Crippen LogP contribution in [0.4, 0.5) is 0 Å². The van der Waals surface area contributed by atoms with Crippen LogP contribution < -0.4 is 17.7 Å². The lowest BCUT2D eigenvalue weighted by molar-refractivity contribution is -0.655. The van der Waals surface area contributed by atoms with Crippen LogP contribution in [0.2, 0.25) is 0 Å². The fourth-order valence-corrected chi connectivity index (χ4v) is 3.22. The molecule has 0 spiro atoms. The Labute approximate surface area is 159 Å². The maximum atomic E-state index is 8.69. The Hall–Kier alpha value is 0.210. The van der Waals surface area contributed by atoms with E-state index in [1.165, 1.54) is 109 Å². The minimum Gasteiger partial charge on any atom is -1.00 e. The van der Waals surface area contributed by atoms with Gasteiger partial charge in [-0.25, -0.2) is 0 Å². The molecule has 0 amide bonds. The fourth-order valence-electron chi connectivity index (χ4n) is 3.22. The van der Waals surface area contributed by atoms with Gasteiger partial charge in [-0.05, 0) is 12.8 Å². The first-order chi connectivity index (χ1) is 11.4. The van der Waals surface area contributed by atoms with Crippen LogP contribution in [0.25, 0.3) is 0 Å². The zero-order chi connectivity index (χ0) is 16.8. The van der Waals surface area contributed by atoms with Gasteiger partial charge >= 0.3 is 0 Å². The molecule has 0 aliphatic carbocycles. The van der Waals surface area contributed by atoms with E-state index in [9.17, 15) is 0 Å². The van der Waals surface area contributed by atoms with Gasteiger partial charge in [0.2, 0.25) is 0 Å². The fraction of sp³-hybridized carbons (Fsp3) is 1.00. The number of aliphatic hydroxyl groups excluding tert-OH is 1. The summed E-state index contributed by atoms with van der Waals surface area (Å²) in [5.41, 5.74) is 0. The maximum Gasteiger partial charge on any atom is 0.0777 e. The number of hydrogen-bond donors (Lipinski definition) is 2. The largest absolute Gasteiger partial charge is 1.00 e. The summed E-state index contributed by atoms with van der Waals surface area (Å²) >= 11 is 0. The SMILES string of the molecule is CCCCCCCCCCCCCCCCCC[NH2+]CCCO.[Cl-]. The number of halogens is 1. The van der Waals surface area contributed by atoms with Crippen molar-refractivity contribution in [3.05, 3.63) is 0 Å². The van der Waals surface area contributed by atoms with E-state index in [2.05, 4.69) is 12.2 Å². The van der Waals surface area contributed by atoms with Crippen LogP contribution in [0.1, 0.15) is 116 Å². The second-order valence-corrected chi connectivity index (χ2v) is 7.25. The predicted octanol–water partition coefficient (Wildman–Crippen LogP) is 2.20. The summed E-state index contributed by atoms with van der Waals surface area (Å²) in [5, 5.41) is 11.0. The summed E-state index contributed by atoms with van der Waals surface area (Å²) in [5.74, 6) is 0. The number of aliphatic hydroxyl groups is 1. The highest BCUT2D eigenvalue weighted by atomic mass is 35.5. The number of quaternary nitrogens is 1. The molecule has 0 radical (unpaired) electrons. The molecule has 0 saturated carbocycles. The van der Waals surface area contributed by atoms with Crippen LogP contribution >= 0.6 is 0 Å². The van der Waals surface area contributed by atoms with Gasteiger partial charge in [0, 0.05) is 13.0 Å². The molecule has 0 rings (SSSR count). The Balaban J connectivity index is 0. The molecule has 0 fully saturated rings. The topological polar surface area (TPSA) is 36.8 Å². The van der Waals surface area contributed by atoms with Crippen LogP contribution in [0.3, 0.4) is 0 Å². The van der Waals surface area contributed by atoms with E-state index in [0.29, 0.717) is 6.61 Å². The molecular weight excluding hydrogens is 318 g/mol. The number of hydrogen-bond acceptors (Lipinski definition) is 1. The van der Waals surface area contributed by atoms with Gasteiger partial charge in [0.25, 0.3) is 0 Å². The molecule has 0 bridgehead atoms. The molecule has 0 aliphatic heterocycles. The Morgan fingerprint density at radius 2 is 0.833 bits per heavy atom. The molecule has 148 valence electrons. The van der Waals surface area contributed by atoms with Gasteiger partial charge in [0.05, 0.1) is 13.1 Å². The minimum atomic E-state index is 0. The Kier molecular flexibility index (Phi) is 28.0. The standard InChI is InChI=1S/C21H45NO.ClH/c1-2-3-4-5-6-7-8-9-10-11-12-13-14-15-16-17-19-22-20-18-21-23;/h22-23H,2-21H2,1H3;1H. The van der Waals surface area contributed by atoms with Gasteiger partial charge in [-0.15, -0.1) is 0 Å². The van der Waals surface area contributed by atoms with Crippen molar-refractivity contribution in [3.8, 4) is 0 Å². The molecule has 0 saturated heterocycles. The van der Waals surface area contributed by atoms with Gasteiger partial charge in [-0.3, -0.25) is 0 Å². The van der Waals surface area contributed by atoms with Crippen LogP contribution in [0.15, 0.2) is 0 Å². The first-order valence-corrected chi connectivity index (χ1v) is 10.8. The average molecular weight is 364 g/mol. The molecule has 2 nitrogen and oxygen atoms in total. The molecule has 3 heteroatoms. The molecule has 0 aliphatic rings. The third kappa shape index (κ3) is 24.5. The highest BCUT2D eigenvalue weighted by Gasteiger charge is 1.95. The lowest BCUT2D eigenvalue weighted by Gasteiger charge is -2.03. The third-order valence-corrected chi connectivity index (χ3v) is 4.83. The van der Waals surface area contributed by atoms with Gasteiger partial charge < -0.3 is 22.8 Å². The first-order valence-electron chi connectivity index (χ1n) is 10.8. The predicted molar refractivity (Wildman–Crippen MR) is 103 cm³/mol. The Morgan fingerprint density at radius 3 is 1.21 bits per heavy atom. The molecule has 0 atom stereocenters. The smallest absolute Gasteiger partial charge is 0.0777 e. The molecular formula is C21H46ClNO. The van der Waals surface area contributed by atoms with Gasteiger partial charge in [-0.2, -0.15) is 0 Å². The van der Waals surface area contributed by atoms with Crippen LogP contribution in [0.5, 0.6) is 0 Å². The van der Waals surface area contributed by atoms with E-state index in [1.54, 1.807) is 0 Å². The summed E-state index contributed by atoms with van der Waals surface area (Å²) in [7, 11) is 0. The molecule has 0 aromatic heterocycles. The zero-order valence-electron chi connectivity index (χ0n) is 16.5. The van der Waals surface area contributed by atoms with Crippen LogP contribution in [0, 0.1) is 0 Å². The van der Waals surface area contributed by atoms with E-state index >= 15 is 0 Å². The molecule has 0 unspecified atom stereocenters. The number of rotatable bonds is 20. The maximum absolute atomic E-state index is 8.69. The molecule has 0 heterocycles. The third-order valence-electron chi connectivity index (χ3n) is 4.83. The van der Waals surface area contributed by atoms with Crippen molar-refractivity contribution in [1.29, 1.82) is 0 Å². The molecule has 0 aromatic carbocycles. The van der Waals surface area contributed by atoms with Crippen LogP contribution in [-0.4, -0.2) is 24.8 Å². The number of unbranched alkanes of at least 4 members (excludes halogenated alkanes) is 15. The Bertz CT molecular complexity index is 182. The van der Waals surface area contributed by atoms with E-state index in [1.807, 2.05) is 0 Å². The van der Waals surface area contributed by atoms with Crippen LogP contribution in [-0.2, 0) is 0 Å². The van der Waals surface area contributed by atoms with Gasteiger partial charge in [-0.1, -0.05) is 96.8 Å². The van der Waals surface area contributed by atoms with Gasteiger partial charge in [0.1, 0.15) is 0 Å². The number of nitrogens with two attached hydrogens (primary N) is 1. The van der Waals surface area contributed by atoms with Crippen molar-refractivity contribution >= 4 is 0 Å². The quantitative estimate of drug-likeness (QED) is 0.320. The molecule has 24 heavy (non-hydrogen) atoms. The summed E-state index contributed by atoms with van der Waals surface area (Å²) in [4.78, 5) is 0. The molecule has 0 aromatic rings. The van der Waals surface area contributed by atoms with Crippen molar-refractivity contribution in [2.75, 3.05) is 19.7 Å². The van der Waals surface area contributed by atoms with Crippen molar-refractivity contribution in [3.63, 3.8) is 0 Å². The van der Waals surface area contributed by atoms with E-state index < -0.39 is 0 Å². The van der Waals surface area contributed by atoms with Crippen molar-refractivity contribution in [2.45, 2.75) is 116 Å². The van der Waals surface area contributed by atoms with E-state index in [0.717, 1.165) is 13.0 Å². The summed E-state index contributed by atoms with van der Waals surface area (Å²) in [6, 6.07) is 0. The highest BCUT2D eigenvalue weighted by Crippen LogP contribution is 2.13. The highest BCUT2D eigenvalue weighted by molar-refractivity contribution is 4.49. The average Bonchev–Trinajstić information content (AvgIpc) is 2.57. The van der Waals surface area contributed by atoms with Crippen molar-refractivity contribution < 1.29 is 22.8 Å². The lowest BCUT2D eigenvalue weighted by Crippen LogP contribution is -3.00. The lowest BCUT2D eigenvalue weighted by atomic mass is 10.0. The molecule has 3 N–H and O–H groups in total. The normalized spacial score (nSPS) is 10.8. The monoisotopic (exact) mass is 363 g/mol. The summed E-state index contributed by atoms with van der Waals surface area (Å²) in [6.07, 6.45) is 24.0.